The van der Waals surface area contributed by atoms with Crippen molar-refractivity contribution in [2.45, 2.75) is 26.9 Å². The quantitative estimate of drug-likeness (QED) is 0.934. The number of anilines is 1. The fourth-order valence-electron chi connectivity index (χ4n) is 1.56. The molecule has 0 unspecified atom stereocenters. The van der Waals surface area contributed by atoms with E-state index in [1.54, 1.807) is 25.3 Å². The van der Waals surface area contributed by atoms with E-state index in [2.05, 4.69) is 10.3 Å². The highest BCUT2D eigenvalue weighted by Gasteiger charge is 2.17. The molecule has 1 atom stereocenters. The summed E-state index contributed by atoms with van der Waals surface area (Å²) in [5, 5.41) is 3.77. The number of halogens is 1. The van der Waals surface area contributed by atoms with Crippen molar-refractivity contribution in [1.82, 2.24) is 4.98 Å². The predicted molar refractivity (Wildman–Crippen MR) is 81.8 cm³/mol. The maximum Gasteiger partial charge on any atom is 0.266 e. The Labute approximate surface area is 126 Å². The van der Waals surface area contributed by atoms with Crippen LogP contribution in [0.4, 0.5) is 5.13 Å². The third kappa shape index (κ3) is 3.71. The van der Waals surface area contributed by atoms with Gasteiger partial charge in [-0.25, -0.2) is 4.98 Å². The average molecular weight is 311 g/mol. The van der Waals surface area contributed by atoms with Crippen LogP contribution in [0.25, 0.3) is 0 Å². The summed E-state index contributed by atoms with van der Waals surface area (Å²) in [7, 11) is 0. The number of amides is 1. The molecule has 1 aromatic carbocycles. The number of nitrogens with one attached hydrogen (secondary N) is 1. The van der Waals surface area contributed by atoms with Crippen LogP contribution in [-0.4, -0.2) is 17.0 Å². The van der Waals surface area contributed by atoms with E-state index in [0.717, 1.165) is 10.4 Å². The van der Waals surface area contributed by atoms with Crippen LogP contribution in [0.2, 0.25) is 5.02 Å². The molecular weight excluding hydrogens is 296 g/mol. The van der Waals surface area contributed by atoms with Gasteiger partial charge in [0.2, 0.25) is 0 Å². The standard InChI is InChI=1S/C14H15ClN2O2S/c1-8-4-5-11(15)12(6-8)19-10(3)13(18)17-14-16-7-9(2)20-14/h4-7,10H,1-3H3,(H,16,17,18)/t10-/m0/s1. The molecular formula is C14H15ClN2O2S. The van der Waals surface area contributed by atoms with Crippen LogP contribution < -0.4 is 10.1 Å². The zero-order valence-corrected chi connectivity index (χ0v) is 13.0. The van der Waals surface area contributed by atoms with Crippen molar-refractivity contribution >= 4 is 34.0 Å². The maximum atomic E-state index is 12.0. The molecule has 1 heterocycles. The van der Waals surface area contributed by atoms with E-state index in [1.165, 1.54) is 11.3 Å². The van der Waals surface area contributed by atoms with Crippen molar-refractivity contribution in [1.29, 1.82) is 0 Å². The number of nitrogens with zero attached hydrogens (tertiary/aromatic N) is 1. The lowest BCUT2D eigenvalue weighted by atomic mass is 10.2. The molecule has 1 amide bonds. The molecule has 0 aliphatic rings. The Hall–Kier alpha value is -1.59. The first-order valence-corrected chi connectivity index (χ1v) is 7.31. The van der Waals surface area contributed by atoms with Gasteiger partial charge in [-0.1, -0.05) is 17.7 Å². The average Bonchev–Trinajstić information content (AvgIpc) is 2.79. The largest absolute Gasteiger partial charge is 0.479 e. The highest BCUT2D eigenvalue weighted by molar-refractivity contribution is 7.15. The van der Waals surface area contributed by atoms with Gasteiger partial charge in [0.1, 0.15) is 5.75 Å². The third-order valence-corrected chi connectivity index (χ3v) is 3.75. The van der Waals surface area contributed by atoms with Crippen LogP contribution in [0.5, 0.6) is 5.75 Å². The number of rotatable bonds is 4. The Morgan fingerprint density at radius 2 is 2.20 bits per heavy atom. The number of carbonyl (C=O) groups excluding carboxylic acids is 1. The zero-order valence-electron chi connectivity index (χ0n) is 11.4. The number of aryl methyl sites for hydroxylation is 2. The van der Waals surface area contributed by atoms with Gasteiger partial charge in [-0.2, -0.15) is 0 Å². The molecule has 0 radical (unpaired) electrons. The summed E-state index contributed by atoms with van der Waals surface area (Å²) in [5.74, 6) is 0.251. The summed E-state index contributed by atoms with van der Waals surface area (Å²) in [6.45, 7) is 5.54. The van der Waals surface area contributed by atoms with Crippen molar-refractivity contribution in [2.24, 2.45) is 0 Å². The molecule has 0 spiro atoms. The van der Waals surface area contributed by atoms with Crippen LogP contribution in [0.15, 0.2) is 24.4 Å². The Kier molecular flexibility index (Phi) is 4.62. The van der Waals surface area contributed by atoms with Gasteiger partial charge >= 0.3 is 0 Å². The van der Waals surface area contributed by atoms with Crippen molar-refractivity contribution in [3.05, 3.63) is 39.9 Å². The summed E-state index contributed by atoms with van der Waals surface area (Å²) in [5.41, 5.74) is 1.02. The van der Waals surface area contributed by atoms with Crippen LogP contribution >= 0.6 is 22.9 Å². The van der Waals surface area contributed by atoms with E-state index in [4.69, 9.17) is 16.3 Å². The second kappa shape index (κ2) is 6.24. The van der Waals surface area contributed by atoms with E-state index in [-0.39, 0.29) is 5.91 Å². The second-order valence-electron chi connectivity index (χ2n) is 4.46. The topological polar surface area (TPSA) is 51.2 Å². The third-order valence-electron chi connectivity index (χ3n) is 2.61. The van der Waals surface area contributed by atoms with Gasteiger partial charge in [0.05, 0.1) is 5.02 Å². The van der Waals surface area contributed by atoms with E-state index < -0.39 is 6.10 Å². The fraction of sp³-hybridized carbons (Fsp3) is 0.286. The van der Waals surface area contributed by atoms with Gasteiger partial charge in [0.15, 0.2) is 11.2 Å². The smallest absolute Gasteiger partial charge is 0.266 e. The molecule has 0 fully saturated rings. The molecule has 1 aromatic heterocycles. The second-order valence-corrected chi connectivity index (χ2v) is 6.10. The van der Waals surface area contributed by atoms with Crippen LogP contribution in [-0.2, 0) is 4.79 Å². The Balaban J connectivity index is 2.02. The Bertz CT molecular complexity index is 627. The molecule has 0 aliphatic carbocycles. The van der Waals surface area contributed by atoms with Gasteiger partial charge in [0.25, 0.3) is 5.91 Å². The molecule has 106 valence electrons. The molecule has 1 N–H and O–H groups in total. The first kappa shape index (κ1) is 14.8. The highest BCUT2D eigenvalue weighted by atomic mass is 35.5. The minimum Gasteiger partial charge on any atom is -0.479 e. The minimum atomic E-state index is -0.654. The monoisotopic (exact) mass is 310 g/mol. The van der Waals surface area contributed by atoms with Gasteiger partial charge in [-0.05, 0) is 38.5 Å². The molecule has 20 heavy (non-hydrogen) atoms. The Morgan fingerprint density at radius 1 is 1.45 bits per heavy atom. The molecule has 0 saturated carbocycles. The molecule has 2 rings (SSSR count). The van der Waals surface area contributed by atoms with Gasteiger partial charge in [0, 0.05) is 11.1 Å². The minimum absolute atomic E-state index is 0.253. The van der Waals surface area contributed by atoms with E-state index >= 15 is 0 Å². The first-order chi connectivity index (χ1) is 9.45. The van der Waals surface area contributed by atoms with E-state index in [0.29, 0.717) is 15.9 Å². The summed E-state index contributed by atoms with van der Waals surface area (Å²) in [6.07, 6.45) is 1.06. The van der Waals surface area contributed by atoms with Crippen molar-refractivity contribution < 1.29 is 9.53 Å². The van der Waals surface area contributed by atoms with E-state index in [9.17, 15) is 4.79 Å². The Morgan fingerprint density at radius 3 is 2.85 bits per heavy atom. The molecule has 0 bridgehead atoms. The number of hydrogen-bond acceptors (Lipinski definition) is 4. The number of ether oxygens (including phenoxy) is 1. The van der Waals surface area contributed by atoms with Gasteiger partial charge < -0.3 is 4.74 Å². The maximum absolute atomic E-state index is 12.0. The summed E-state index contributed by atoms with van der Waals surface area (Å²) < 4.78 is 5.60. The zero-order chi connectivity index (χ0) is 14.7. The fourth-order valence-corrected chi connectivity index (χ4v) is 2.39. The van der Waals surface area contributed by atoms with E-state index in [1.807, 2.05) is 19.9 Å². The number of carbonyl (C=O) groups is 1. The lowest BCUT2D eigenvalue weighted by molar-refractivity contribution is -0.122. The highest BCUT2D eigenvalue weighted by Crippen LogP contribution is 2.26. The lowest BCUT2D eigenvalue weighted by Gasteiger charge is -2.15. The number of benzene rings is 1. The first-order valence-electron chi connectivity index (χ1n) is 6.12. The van der Waals surface area contributed by atoms with Crippen LogP contribution in [0.3, 0.4) is 0 Å². The summed E-state index contributed by atoms with van der Waals surface area (Å²) in [4.78, 5) is 17.1. The number of thiazole rings is 1. The molecule has 4 nitrogen and oxygen atoms in total. The van der Waals surface area contributed by atoms with Crippen LogP contribution in [0, 0.1) is 13.8 Å². The summed E-state index contributed by atoms with van der Waals surface area (Å²) in [6, 6.07) is 5.44. The molecule has 6 heteroatoms. The SMILES string of the molecule is Cc1ccc(Cl)c(O[C@@H](C)C(=O)Nc2ncc(C)s2)c1. The van der Waals surface area contributed by atoms with Crippen molar-refractivity contribution in [3.8, 4) is 5.75 Å². The summed E-state index contributed by atoms with van der Waals surface area (Å²) >= 11 is 7.46. The van der Waals surface area contributed by atoms with Crippen molar-refractivity contribution in [3.63, 3.8) is 0 Å². The number of aromatic nitrogens is 1. The van der Waals surface area contributed by atoms with Gasteiger partial charge in [-0.15, -0.1) is 11.3 Å². The molecule has 0 aliphatic heterocycles. The van der Waals surface area contributed by atoms with Crippen molar-refractivity contribution in [2.75, 3.05) is 5.32 Å². The lowest BCUT2D eigenvalue weighted by Crippen LogP contribution is -2.30. The molecule has 0 saturated heterocycles. The predicted octanol–water partition coefficient (Wildman–Crippen LogP) is 3.82. The van der Waals surface area contributed by atoms with Gasteiger partial charge in [-0.3, -0.25) is 10.1 Å². The number of hydrogen-bond donors (Lipinski definition) is 1. The molecule has 2 aromatic rings. The normalized spacial score (nSPS) is 12.0. The van der Waals surface area contributed by atoms with Crippen LogP contribution in [0.1, 0.15) is 17.4 Å².